The van der Waals surface area contributed by atoms with Crippen LogP contribution in [0.4, 0.5) is 5.69 Å². The maximum absolute atomic E-state index is 10.5. The number of oxime groups is 5. The van der Waals surface area contributed by atoms with Crippen LogP contribution < -0.4 is 4.74 Å². The van der Waals surface area contributed by atoms with Crippen LogP contribution in [-0.4, -0.2) is 140 Å². The third kappa shape index (κ3) is 19.0. The average molecular weight is 1200 g/mol. The quantitative estimate of drug-likeness (QED) is 0.0276. The molecule has 428 valence electrons. The lowest BCUT2D eigenvalue weighted by Gasteiger charge is -2.09. The van der Waals surface area contributed by atoms with E-state index >= 15 is 0 Å². The fraction of sp³-hybridized carbons (Fsp3) is 0.132. The highest BCUT2D eigenvalue weighted by Crippen LogP contribution is 2.19. The molecule has 0 saturated carbocycles. The summed E-state index contributed by atoms with van der Waals surface area (Å²) in [5.74, 6) is 0.653. The van der Waals surface area contributed by atoms with E-state index in [0.717, 1.165) is 32.3 Å². The van der Waals surface area contributed by atoms with E-state index in [1.54, 1.807) is 69.1 Å². The van der Waals surface area contributed by atoms with Crippen molar-refractivity contribution in [1.82, 2.24) is 73.8 Å². The average Bonchev–Trinajstić information content (AvgIpc) is 4.51. The summed E-state index contributed by atoms with van der Waals surface area (Å²) in [6.45, 7) is 3.65. The van der Waals surface area contributed by atoms with Crippen LogP contribution in [0.5, 0.6) is 5.75 Å². The number of hydrogen-bond donors (Lipinski definition) is 5. The Balaban J connectivity index is 0.000000168. The van der Waals surface area contributed by atoms with Crippen molar-refractivity contribution in [2.75, 3.05) is 7.11 Å². The Bertz CT molecular complexity index is 3740. The van der Waals surface area contributed by atoms with E-state index in [-0.39, 0.29) is 12.2 Å². The number of hydrogen-bond acceptors (Lipinski definition) is 24. The van der Waals surface area contributed by atoms with Gasteiger partial charge in [-0.1, -0.05) is 102 Å². The molecular weight excluding hydrogens is 1150 g/mol. The van der Waals surface area contributed by atoms with Gasteiger partial charge in [0.05, 0.1) is 56.4 Å². The molecular formula is C53H51BrN22O8. The second-order valence-electron chi connectivity index (χ2n) is 16.7. The highest BCUT2D eigenvalue weighted by Gasteiger charge is 2.13. The molecule has 84 heavy (non-hydrogen) atoms. The van der Waals surface area contributed by atoms with Crippen molar-refractivity contribution >= 4 is 50.2 Å². The molecule has 10 aromatic rings. The molecule has 10 rings (SSSR count). The van der Waals surface area contributed by atoms with Gasteiger partial charge in [0.2, 0.25) is 0 Å². The summed E-state index contributed by atoms with van der Waals surface area (Å²) in [5, 5.41) is 100. The summed E-state index contributed by atoms with van der Waals surface area (Å²) in [5.41, 5.74) is 7.80. The van der Waals surface area contributed by atoms with Crippen LogP contribution in [0.2, 0.25) is 0 Å². The van der Waals surface area contributed by atoms with Crippen LogP contribution in [0.3, 0.4) is 0 Å². The van der Waals surface area contributed by atoms with Crippen LogP contribution in [-0.2, 0) is 32.7 Å². The number of nitrogens with zero attached hydrogens (tertiary/aromatic N) is 22. The molecule has 5 aromatic carbocycles. The topological polar surface area (TPSA) is 393 Å². The summed E-state index contributed by atoms with van der Waals surface area (Å²) in [4.78, 5) is 29.1. The van der Waals surface area contributed by atoms with E-state index in [1.165, 1.54) is 73.2 Å². The van der Waals surface area contributed by atoms with E-state index in [0.29, 0.717) is 71.6 Å². The Morgan fingerprint density at radius 2 is 0.845 bits per heavy atom. The molecule has 0 spiro atoms. The minimum Gasteiger partial charge on any atom is -0.496 e. The van der Waals surface area contributed by atoms with Gasteiger partial charge in [0.25, 0.3) is 5.69 Å². The fourth-order valence-corrected chi connectivity index (χ4v) is 7.42. The van der Waals surface area contributed by atoms with Crippen LogP contribution >= 0.6 is 15.9 Å². The number of nitro groups is 1. The molecule has 0 fully saturated rings. The standard InChI is InChI=1S/C11H9N5O.C11H12N4O2.C11H12N4O.C10H9BrN4O.C10H9N5O3/c12-5-9-1-3-10(4-2-9)11(15-17)6-16-8-13-7-14-16;1-17-11-5-3-2-4-9(11)10(14-16)6-15-8-12-7-13-15;1-9-4-2-3-5-10(9)11(14-16)6-15-8-12-7-13-15;11-9-3-1-8(2-4-9)10(14-16)5-15-7-12-6-13-15;16-13-10(5-14-7-11-6-12-14)8-1-3-9(4-2-8)15(17)18/h1-4,7-8,17H,6H2;2-5,7-8,16H,6H2,1H3;2-5,7-8,16H,6H2,1H3;1-4,6-7,16H,5H2;1-4,6-7,16H,5H2. The third-order valence-electron chi connectivity index (χ3n) is 11.3. The van der Waals surface area contributed by atoms with Gasteiger partial charge in [-0.25, -0.2) is 48.3 Å². The number of rotatable bonds is 17. The summed E-state index contributed by atoms with van der Waals surface area (Å²) in [6.07, 6.45) is 14.8. The molecule has 30 nitrogen and oxygen atoms in total. The van der Waals surface area contributed by atoms with E-state index < -0.39 is 4.92 Å². The number of benzene rings is 5. The van der Waals surface area contributed by atoms with Crippen molar-refractivity contribution in [2.45, 2.75) is 39.6 Å². The lowest BCUT2D eigenvalue weighted by molar-refractivity contribution is -0.384. The first-order valence-electron chi connectivity index (χ1n) is 24.4. The van der Waals surface area contributed by atoms with E-state index in [2.05, 4.69) is 92.1 Å². The first-order chi connectivity index (χ1) is 41.0. The number of nitro benzene ring substituents is 1. The molecule has 0 saturated heterocycles. The Hall–Kier alpha value is -11.7. The number of nitriles is 1. The Kier molecular flexibility index (Phi) is 24.2. The SMILES string of the molecule is COc1ccccc1C(Cn1cncn1)=NO.Cc1ccccc1C(Cn1cncn1)=NO.N#Cc1ccc(C(Cn2cncn2)=NO)cc1.O=[N+]([O-])c1ccc(C(Cn2cncn2)=NO)cc1.ON=C(Cn1cncn1)c1ccc(Br)cc1. The van der Waals surface area contributed by atoms with Crippen molar-refractivity contribution in [3.63, 3.8) is 0 Å². The Morgan fingerprint density at radius 3 is 1.18 bits per heavy atom. The van der Waals surface area contributed by atoms with Gasteiger partial charge < -0.3 is 30.8 Å². The molecule has 5 heterocycles. The summed E-state index contributed by atoms with van der Waals surface area (Å²) in [7, 11) is 1.57. The zero-order valence-electron chi connectivity index (χ0n) is 44.5. The number of para-hydroxylation sites is 1. The van der Waals surface area contributed by atoms with Gasteiger partial charge >= 0.3 is 0 Å². The molecule has 5 N–H and O–H groups in total. The maximum atomic E-state index is 10.5. The number of non-ortho nitro benzene ring substituents is 1. The first-order valence-corrected chi connectivity index (χ1v) is 25.2. The molecule has 0 aliphatic carbocycles. The highest BCUT2D eigenvalue weighted by atomic mass is 79.9. The fourth-order valence-electron chi connectivity index (χ4n) is 7.16. The number of aryl methyl sites for hydroxylation is 1. The molecule has 5 aromatic heterocycles. The van der Waals surface area contributed by atoms with Crippen molar-refractivity contribution in [3.05, 3.63) is 238 Å². The molecule has 0 amide bonds. The lowest BCUT2D eigenvalue weighted by Crippen LogP contribution is -2.13. The van der Waals surface area contributed by atoms with Gasteiger partial charge in [-0.3, -0.25) is 10.1 Å². The van der Waals surface area contributed by atoms with Crippen LogP contribution in [0, 0.1) is 28.4 Å². The van der Waals surface area contributed by atoms with Gasteiger partial charge in [-0.2, -0.15) is 30.8 Å². The number of aromatic nitrogens is 15. The zero-order valence-corrected chi connectivity index (χ0v) is 46.1. The second-order valence-corrected chi connectivity index (χ2v) is 17.6. The smallest absolute Gasteiger partial charge is 0.269 e. The summed E-state index contributed by atoms with van der Waals surface area (Å²) < 4.78 is 14.0. The predicted molar refractivity (Wildman–Crippen MR) is 304 cm³/mol. The van der Waals surface area contributed by atoms with Crippen LogP contribution in [0.15, 0.2) is 215 Å². The molecule has 31 heteroatoms. The third-order valence-corrected chi connectivity index (χ3v) is 11.8. The van der Waals surface area contributed by atoms with Crippen molar-refractivity contribution in [1.29, 1.82) is 5.26 Å². The highest BCUT2D eigenvalue weighted by molar-refractivity contribution is 9.10. The van der Waals surface area contributed by atoms with Gasteiger partial charge in [0.1, 0.15) is 97.6 Å². The van der Waals surface area contributed by atoms with Crippen molar-refractivity contribution < 1.29 is 35.7 Å². The number of halogens is 1. The predicted octanol–water partition coefficient (Wildman–Crippen LogP) is 6.64. The van der Waals surface area contributed by atoms with Crippen molar-refractivity contribution in [3.8, 4) is 11.8 Å². The van der Waals surface area contributed by atoms with Gasteiger partial charge in [0.15, 0.2) is 0 Å². The number of methoxy groups -OCH3 is 1. The molecule has 0 aliphatic heterocycles. The molecule has 0 bridgehead atoms. The Morgan fingerprint density at radius 1 is 0.512 bits per heavy atom. The normalized spacial score (nSPS) is 11.5. The second kappa shape index (κ2) is 33.0. The van der Waals surface area contributed by atoms with Gasteiger partial charge in [-0.05, 0) is 61.0 Å². The number of ether oxygens (including phenoxy) is 1. The monoisotopic (exact) mass is 1200 g/mol. The van der Waals surface area contributed by atoms with E-state index in [9.17, 15) is 10.1 Å². The van der Waals surface area contributed by atoms with Gasteiger partial charge in [0, 0.05) is 44.4 Å². The Labute approximate surface area is 485 Å². The van der Waals surface area contributed by atoms with Crippen LogP contribution in [0.1, 0.15) is 38.9 Å². The molecule has 0 unspecified atom stereocenters. The minimum atomic E-state index is -0.489. The van der Waals surface area contributed by atoms with Crippen molar-refractivity contribution in [2.24, 2.45) is 25.8 Å². The van der Waals surface area contributed by atoms with Gasteiger partial charge in [-0.15, -0.1) is 0 Å². The summed E-state index contributed by atoms with van der Waals surface area (Å²) in [6, 6.07) is 37.2. The molecule has 0 atom stereocenters. The van der Waals surface area contributed by atoms with E-state index in [1.807, 2.05) is 85.8 Å². The minimum absolute atomic E-state index is 0.0169. The zero-order chi connectivity index (χ0) is 59.9. The largest absolute Gasteiger partial charge is 0.496 e. The van der Waals surface area contributed by atoms with E-state index in [4.69, 9.17) is 36.0 Å². The van der Waals surface area contributed by atoms with Crippen LogP contribution in [0.25, 0.3) is 0 Å². The first kappa shape index (κ1) is 61.5. The molecule has 0 aliphatic rings. The maximum Gasteiger partial charge on any atom is 0.269 e. The summed E-state index contributed by atoms with van der Waals surface area (Å²) >= 11 is 3.35. The molecule has 0 radical (unpaired) electrons. The lowest BCUT2D eigenvalue weighted by atomic mass is 10.0.